The molecule has 3 aliphatic rings. The highest BCUT2D eigenvalue weighted by Gasteiger charge is 2.55. The molecular weight excluding hydrogens is 1780 g/mol. The molecule has 47 nitrogen and oxygen atoms in total. The number of rotatable bonds is 61. The molecule has 1 aromatic rings. The molecule has 0 bridgehead atoms. The van der Waals surface area contributed by atoms with Crippen LogP contribution >= 0.6 is 8.53 Å². The van der Waals surface area contributed by atoms with Crippen molar-refractivity contribution in [2.45, 2.75) is 246 Å². The number of hydrogen-bond donors (Lipinski definition) is 7. The van der Waals surface area contributed by atoms with E-state index in [9.17, 15) is 76.7 Å². The minimum Gasteiger partial charge on any atom is -0.463 e. The van der Waals surface area contributed by atoms with Gasteiger partial charge < -0.3 is 146 Å². The number of nitrogens with one attached hydrogen (secondary N) is 7. The molecule has 4 rings (SSSR count). The van der Waals surface area contributed by atoms with Crippen molar-refractivity contribution in [1.82, 2.24) is 41.9 Å². The quantitative estimate of drug-likeness (QED) is 0.0143. The molecule has 132 heavy (non-hydrogen) atoms. The molecule has 0 aliphatic carbocycles. The fourth-order valence-corrected chi connectivity index (χ4v) is 14.8. The van der Waals surface area contributed by atoms with Crippen molar-refractivity contribution in [2.24, 2.45) is 0 Å². The number of carbonyl (C=O) groups excluding carboxylic acids is 16. The lowest BCUT2D eigenvalue weighted by Crippen LogP contribution is -2.66. The van der Waals surface area contributed by atoms with E-state index >= 15 is 0 Å². The molecule has 3 aliphatic heterocycles. The zero-order valence-corrected chi connectivity index (χ0v) is 78.3. The molecule has 1 aromatic carbocycles. The van der Waals surface area contributed by atoms with Gasteiger partial charge in [0.2, 0.25) is 35.4 Å². The largest absolute Gasteiger partial charge is 0.463 e. The van der Waals surface area contributed by atoms with Gasteiger partial charge in [-0.1, -0.05) is 0 Å². The first kappa shape index (κ1) is 114. The maximum atomic E-state index is 14.7. The number of benzene rings is 1. The molecule has 0 radical (unpaired) electrons. The number of carbonyl (C=O) groups is 16. The van der Waals surface area contributed by atoms with Gasteiger partial charge in [0, 0.05) is 146 Å². The molecule has 7 N–H and O–H groups in total. The molecule has 3 saturated heterocycles. The van der Waals surface area contributed by atoms with E-state index in [1.165, 1.54) is 32.9 Å². The highest BCUT2D eigenvalue weighted by molar-refractivity contribution is 7.45. The van der Waals surface area contributed by atoms with Crippen LogP contribution in [0.3, 0.4) is 0 Å². The highest BCUT2D eigenvalue weighted by Crippen LogP contribution is 2.46. The molecule has 16 unspecified atom stereocenters. The van der Waals surface area contributed by atoms with E-state index in [1.54, 1.807) is 12.1 Å². The fraction of sp³-hybridized carbons (Fsp3) is 0.714. The summed E-state index contributed by atoms with van der Waals surface area (Å²) in [4.78, 5) is 202. The van der Waals surface area contributed by atoms with Crippen molar-refractivity contribution in [2.75, 3.05) is 145 Å². The van der Waals surface area contributed by atoms with Crippen molar-refractivity contribution in [3.8, 4) is 18.1 Å². The lowest BCUT2D eigenvalue weighted by Gasteiger charge is -2.44. The summed E-state index contributed by atoms with van der Waals surface area (Å²) >= 11 is 0. The summed E-state index contributed by atoms with van der Waals surface area (Å²) in [7, 11) is -1.71. The minimum atomic E-state index is -1.71. The third-order valence-corrected chi connectivity index (χ3v) is 20.4. The van der Waals surface area contributed by atoms with Gasteiger partial charge >= 0.3 is 62.2 Å². The zero-order valence-electron chi connectivity index (χ0n) is 77.4. The van der Waals surface area contributed by atoms with Crippen LogP contribution in [0.4, 0.5) is 0 Å². The standard InChI is InChI=1S/C84H129N8O39P/c1-18-19-30-121-132(92(49(2)3)50(4)5)131-64-22-20-63(21-23-64)80(108)91-84(46-112-31-24-68(105)85-27-34-109-37-40-115-81-71(88-51(6)93)77(125-60(15)102)74(122-57(12)99)65(128-81)43-118-54(9)96,47-113-32-25-69(106)86-28-35-110-38-41-116-82-72(89-52(7)94)78(126-61(16)103)75(123-58(13)100)66(129-82)44-119-55(10)97)48-114-33-26-70(107)87-29-36-111-39-42-117-83-73(90-53(8)95)79(127-62(17)104)76(124-59(14)101)67(130-83)45-120-56(11)98/h1,20-23,49-50,65-67,71-79,81-83H,19,24-48H2,2-17H3,(H,85,105)(H,86,106)(H,87,107)(H,88,93)(H,89,94)(H,90,95)(H,91,108). The zero-order chi connectivity index (χ0) is 98.0. The van der Waals surface area contributed by atoms with Gasteiger partial charge in [0.15, 0.2) is 55.5 Å². The van der Waals surface area contributed by atoms with Crippen molar-refractivity contribution in [3.05, 3.63) is 29.8 Å². The van der Waals surface area contributed by atoms with E-state index in [0.717, 1.165) is 62.3 Å². The predicted molar refractivity (Wildman–Crippen MR) is 453 cm³/mol. The summed E-state index contributed by atoms with van der Waals surface area (Å²) in [5, 5.41) is 18.9. The van der Waals surface area contributed by atoms with Crippen LogP contribution in [-0.4, -0.2) is 354 Å². The van der Waals surface area contributed by atoms with Crippen molar-refractivity contribution < 1.29 is 185 Å². The number of ether oxygens (including phenoxy) is 21. The second-order valence-corrected chi connectivity index (χ2v) is 31.9. The maximum Gasteiger partial charge on any atom is 0.321 e. The van der Waals surface area contributed by atoms with Gasteiger partial charge in [-0.3, -0.25) is 76.7 Å². The van der Waals surface area contributed by atoms with Crippen LogP contribution in [0.25, 0.3) is 0 Å². The van der Waals surface area contributed by atoms with Crippen LogP contribution in [0.2, 0.25) is 0 Å². The van der Waals surface area contributed by atoms with Gasteiger partial charge in [-0.15, -0.1) is 12.3 Å². The van der Waals surface area contributed by atoms with Gasteiger partial charge in [-0.05, 0) is 52.0 Å². The molecule has 744 valence electrons. The van der Waals surface area contributed by atoms with Crippen LogP contribution in [0.5, 0.6) is 5.75 Å². The van der Waals surface area contributed by atoms with Gasteiger partial charge in [0.05, 0.1) is 106 Å². The smallest absolute Gasteiger partial charge is 0.321 e. The molecule has 7 amide bonds. The maximum absolute atomic E-state index is 14.7. The molecule has 3 heterocycles. The number of amides is 7. The highest BCUT2D eigenvalue weighted by atomic mass is 31.2. The summed E-state index contributed by atoms with van der Waals surface area (Å²) in [5.74, 6) is -7.95. The Labute approximate surface area is 766 Å². The second-order valence-electron chi connectivity index (χ2n) is 30.5. The Kier molecular flexibility index (Phi) is 53.4. The predicted octanol–water partition coefficient (Wildman–Crippen LogP) is -0.444. The third-order valence-electron chi connectivity index (χ3n) is 18.4. The van der Waals surface area contributed by atoms with Crippen LogP contribution < -0.4 is 41.7 Å². The molecule has 0 spiro atoms. The number of terminal acetylenes is 1. The van der Waals surface area contributed by atoms with Gasteiger partial charge in [0.25, 0.3) is 5.91 Å². The molecule has 0 aromatic heterocycles. The SMILES string of the molecule is C#CCCOP(Oc1ccc(C(=O)NC(COCCC(=O)NCCOCCOC2OC(COC(C)=O)C(OC(C)=O)C(OC(C)=O)C2NC(C)=O)(COCCC(=O)NCCOCCOC2OC(COC(C)=O)C(OC(C)=O)C(OC(C)=O)C2NC(C)=O)COCCC(=O)NCCOCCOC2OC(COC(C)=O)C(OC(C)=O)C(OC(C)=O)C2NC(C)=O)cc1)N(C(C)C)C(C)C. The van der Waals surface area contributed by atoms with Crippen LogP contribution in [0.15, 0.2) is 24.3 Å². The average Bonchev–Trinajstić information content (AvgIpc) is 0.792. The van der Waals surface area contributed by atoms with Gasteiger partial charge in [-0.25, -0.2) is 4.67 Å². The van der Waals surface area contributed by atoms with E-state index in [4.69, 9.17) is 115 Å². The van der Waals surface area contributed by atoms with E-state index in [-0.39, 0.29) is 142 Å². The lowest BCUT2D eigenvalue weighted by atomic mass is 9.96. The van der Waals surface area contributed by atoms with Crippen LogP contribution in [0.1, 0.15) is 147 Å². The second kappa shape index (κ2) is 61.7. The fourth-order valence-electron chi connectivity index (χ4n) is 13.2. The number of nitrogens with zero attached hydrogens (tertiary/aromatic N) is 1. The van der Waals surface area contributed by atoms with Crippen molar-refractivity contribution in [3.63, 3.8) is 0 Å². The van der Waals surface area contributed by atoms with E-state index < -0.39 is 241 Å². The molecule has 3 fully saturated rings. The normalized spacial score (nSPS) is 22.2. The lowest BCUT2D eigenvalue weighted by molar-refractivity contribution is -0.279. The number of esters is 9. The Morgan fingerprint density at radius 1 is 0.394 bits per heavy atom. The van der Waals surface area contributed by atoms with Crippen molar-refractivity contribution >= 4 is 104 Å². The summed E-state index contributed by atoms with van der Waals surface area (Å²) in [5.41, 5.74) is -1.57. The van der Waals surface area contributed by atoms with Gasteiger partial charge in [-0.2, -0.15) is 0 Å². The first-order chi connectivity index (χ1) is 62.6. The van der Waals surface area contributed by atoms with E-state index in [0.29, 0.717) is 12.2 Å². The Morgan fingerprint density at radius 3 is 0.970 bits per heavy atom. The summed E-state index contributed by atoms with van der Waals surface area (Å²) in [6, 6.07) is 2.42. The topological polar surface area (TPSA) is 573 Å². The molecule has 48 heteroatoms. The van der Waals surface area contributed by atoms with E-state index in [2.05, 4.69) is 47.8 Å². The van der Waals surface area contributed by atoms with Crippen LogP contribution in [-0.2, 0) is 176 Å². The van der Waals surface area contributed by atoms with Crippen molar-refractivity contribution in [1.29, 1.82) is 0 Å². The molecular formula is C84H129N8O39P. The Morgan fingerprint density at radius 2 is 0.697 bits per heavy atom. The summed E-state index contributed by atoms with van der Waals surface area (Å²) in [6.07, 6.45) is -10.8. The Balaban J connectivity index is 1.54. The summed E-state index contributed by atoms with van der Waals surface area (Å²) in [6.45, 7) is 17.1. The third kappa shape index (κ3) is 44.7. The Hall–Kier alpha value is -10.0. The van der Waals surface area contributed by atoms with Gasteiger partial charge in [0.1, 0.15) is 67.5 Å². The Bertz CT molecular complexity index is 3590. The first-order valence-corrected chi connectivity index (χ1v) is 43.8. The van der Waals surface area contributed by atoms with Crippen LogP contribution in [0, 0.1) is 12.3 Å². The molecule has 0 saturated carbocycles. The molecule has 16 atom stereocenters. The monoisotopic (exact) mass is 1900 g/mol. The number of hydrogen-bond acceptors (Lipinski definition) is 40. The summed E-state index contributed by atoms with van der Waals surface area (Å²) < 4.78 is 135. The first-order valence-electron chi connectivity index (χ1n) is 42.7. The average molecular weight is 1910 g/mol. The minimum absolute atomic E-state index is 0.0144. The van der Waals surface area contributed by atoms with E-state index in [1.807, 2.05) is 27.7 Å².